The Labute approximate surface area is 117 Å². The van der Waals surface area contributed by atoms with Gasteiger partial charge in [0.25, 0.3) is 0 Å². The predicted octanol–water partition coefficient (Wildman–Crippen LogP) is 2.54. The van der Waals surface area contributed by atoms with Crippen molar-refractivity contribution in [3.8, 4) is 0 Å². The van der Waals surface area contributed by atoms with E-state index in [0.717, 1.165) is 43.3 Å². The van der Waals surface area contributed by atoms with Crippen LogP contribution >= 0.6 is 0 Å². The standard InChI is InChI=1S/C20H16/c1-5-3-14-12-19-13-4-9(13)6-2-8-11-10-7(1)15(5,14)17(10,20(12,14)19)18(11,19)16(6,8)13/h5-12H,1-4H2. The molecule has 13 rings (SSSR count). The van der Waals surface area contributed by atoms with Gasteiger partial charge in [0.1, 0.15) is 0 Å². The number of hydrogen-bond donors (Lipinski definition) is 0. The molecule has 0 radical (unpaired) electrons. The third-order valence-corrected chi connectivity index (χ3v) is 15.6. The average molecular weight is 256 g/mol. The molecule has 0 bridgehead atoms. The van der Waals surface area contributed by atoms with Crippen LogP contribution in [0.1, 0.15) is 25.7 Å². The Morgan fingerprint density at radius 3 is 2.30 bits per heavy atom. The van der Waals surface area contributed by atoms with E-state index in [1.54, 1.807) is 25.7 Å². The van der Waals surface area contributed by atoms with Crippen molar-refractivity contribution in [2.75, 3.05) is 0 Å². The lowest BCUT2D eigenvalue weighted by Crippen LogP contribution is -3.23. The molecule has 0 nitrogen and oxygen atoms in total. The molecule has 0 aromatic rings. The maximum absolute atomic E-state index is 1.78. The minimum Gasteiger partial charge on any atom is -0.0461 e. The summed E-state index contributed by atoms with van der Waals surface area (Å²) in [5, 5.41) is 0. The highest BCUT2D eigenvalue weighted by Gasteiger charge is 3.48. The van der Waals surface area contributed by atoms with Gasteiger partial charge in [0.15, 0.2) is 0 Å². The van der Waals surface area contributed by atoms with Crippen molar-refractivity contribution < 1.29 is 0 Å². The molecule has 0 aliphatic heterocycles. The molecule has 0 amide bonds. The first-order valence-corrected chi connectivity index (χ1v) is 9.88. The quantitative estimate of drug-likeness (QED) is 0.625. The van der Waals surface area contributed by atoms with Crippen LogP contribution in [-0.2, 0) is 0 Å². The van der Waals surface area contributed by atoms with E-state index < -0.39 is 0 Å². The van der Waals surface area contributed by atoms with Gasteiger partial charge in [-0.2, -0.15) is 0 Å². The van der Waals surface area contributed by atoms with Gasteiger partial charge in [-0.15, -0.1) is 0 Å². The number of rotatable bonds is 0. The van der Waals surface area contributed by atoms with E-state index in [0.29, 0.717) is 0 Å². The zero-order chi connectivity index (χ0) is 11.4. The fraction of sp³-hybridized carbons (Fsp3) is 1.00. The van der Waals surface area contributed by atoms with Gasteiger partial charge in [0.2, 0.25) is 0 Å². The summed E-state index contributed by atoms with van der Waals surface area (Å²) >= 11 is 0. The van der Waals surface area contributed by atoms with Crippen LogP contribution in [0, 0.1) is 90.7 Å². The van der Waals surface area contributed by atoms with Crippen molar-refractivity contribution in [1.82, 2.24) is 0 Å². The van der Waals surface area contributed by atoms with Crippen molar-refractivity contribution >= 4 is 0 Å². The van der Waals surface area contributed by atoms with E-state index in [4.69, 9.17) is 0 Å². The van der Waals surface area contributed by atoms with Crippen LogP contribution in [0.4, 0.5) is 0 Å². The number of fused-ring (bicyclic) bond motifs is 4. The summed E-state index contributed by atoms with van der Waals surface area (Å²) in [7, 11) is 0. The van der Waals surface area contributed by atoms with Crippen LogP contribution in [0.25, 0.3) is 0 Å². The summed E-state index contributed by atoms with van der Waals surface area (Å²) in [6.45, 7) is 0. The van der Waals surface area contributed by atoms with E-state index >= 15 is 0 Å². The molecular weight excluding hydrogens is 240 g/mol. The highest BCUT2D eigenvalue weighted by atomic mass is 15.5. The molecule has 0 heteroatoms. The molecule has 13 aliphatic rings. The van der Waals surface area contributed by atoms with E-state index in [9.17, 15) is 0 Å². The Hall–Kier alpha value is 0. The molecule has 0 aromatic heterocycles. The van der Waals surface area contributed by atoms with Gasteiger partial charge in [-0.1, -0.05) is 0 Å². The minimum atomic E-state index is 1.09. The Morgan fingerprint density at radius 1 is 0.600 bits per heavy atom. The van der Waals surface area contributed by atoms with Gasteiger partial charge >= 0.3 is 0 Å². The summed E-state index contributed by atoms with van der Waals surface area (Å²) < 4.78 is 0. The van der Waals surface area contributed by atoms with Gasteiger partial charge in [0, 0.05) is 0 Å². The molecule has 13 aliphatic carbocycles. The second kappa shape index (κ2) is 1.07. The van der Waals surface area contributed by atoms with Crippen molar-refractivity contribution in [2.24, 2.45) is 90.7 Å². The predicted molar refractivity (Wildman–Crippen MR) is 65.9 cm³/mol. The molecular formula is C20H16. The third kappa shape index (κ3) is 0.164. The lowest BCUT2D eigenvalue weighted by molar-refractivity contribution is -0.799. The maximum Gasteiger partial charge on any atom is -0.00502 e. The summed E-state index contributed by atoms with van der Waals surface area (Å²) in [6, 6.07) is 0. The molecule has 13 fully saturated rings. The summed E-state index contributed by atoms with van der Waals surface area (Å²) in [5.41, 5.74) is 8.92. The van der Waals surface area contributed by atoms with Gasteiger partial charge in [0.05, 0.1) is 0 Å². The van der Waals surface area contributed by atoms with Gasteiger partial charge in [-0.25, -0.2) is 0 Å². The largest absolute Gasteiger partial charge is 0.0461 e. The van der Waals surface area contributed by atoms with Crippen LogP contribution in [0.2, 0.25) is 0 Å². The summed E-state index contributed by atoms with van der Waals surface area (Å²) in [5.74, 6) is 10.7. The lowest BCUT2D eigenvalue weighted by Gasteiger charge is -3.25. The lowest BCUT2D eigenvalue weighted by atomic mass is 8.78. The molecule has 96 valence electrons. The second-order valence-electron chi connectivity index (χ2n) is 12.4. The van der Waals surface area contributed by atoms with Gasteiger partial charge in [-0.3, -0.25) is 0 Å². The molecule has 16 atom stereocenters. The maximum atomic E-state index is 1.78. The Morgan fingerprint density at radius 2 is 1.40 bits per heavy atom. The van der Waals surface area contributed by atoms with E-state index in [1.807, 2.05) is 0 Å². The van der Waals surface area contributed by atoms with Crippen LogP contribution in [-0.4, -0.2) is 0 Å². The zero-order valence-electron chi connectivity index (χ0n) is 11.4. The van der Waals surface area contributed by atoms with Gasteiger partial charge in [-0.05, 0) is 116 Å². The summed E-state index contributed by atoms with van der Waals surface area (Å²) in [6.07, 6.45) is 7.02. The molecule has 0 aromatic carbocycles. The third-order valence-electron chi connectivity index (χ3n) is 15.6. The molecule has 13 saturated carbocycles. The van der Waals surface area contributed by atoms with E-state index in [2.05, 4.69) is 0 Å². The Bertz CT molecular complexity index is 950. The number of hydrogen-bond acceptors (Lipinski definition) is 0. The van der Waals surface area contributed by atoms with Crippen LogP contribution in [0.3, 0.4) is 0 Å². The molecule has 16 unspecified atom stereocenters. The average Bonchev–Trinajstić information content (AvgIpc) is 3.24. The van der Waals surface area contributed by atoms with Crippen molar-refractivity contribution in [2.45, 2.75) is 25.7 Å². The monoisotopic (exact) mass is 256 g/mol. The highest BCUT2D eigenvalue weighted by molar-refractivity contribution is 5.93. The fourth-order valence-electron chi connectivity index (χ4n) is 18.4. The minimum absolute atomic E-state index is 1.09. The Balaban J connectivity index is 1.34. The first-order chi connectivity index (χ1) is 9.88. The first kappa shape index (κ1) is 7.05. The summed E-state index contributed by atoms with van der Waals surface area (Å²) in [4.78, 5) is 0. The van der Waals surface area contributed by atoms with Crippen LogP contribution < -0.4 is 0 Å². The zero-order valence-corrected chi connectivity index (χ0v) is 11.4. The molecule has 0 N–H and O–H groups in total. The second-order valence-corrected chi connectivity index (χ2v) is 12.4. The normalized spacial score (nSPS) is 125. The Kier molecular flexibility index (Phi) is 0.376. The van der Waals surface area contributed by atoms with Gasteiger partial charge < -0.3 is 0 Å². The van der Waals surface area contributed by atoms with E-state index in [-0.39, 0.29) is 0 Å². The smallest absolute Gasteiger partial charge is 0.00502 e. The highest BCUT2D eigenvalue weighted by Crippen LogP contribution is 3.50. The topological polar surface area (TPSA) is 0 Å². The van der Waals surface area contributed by atoms with Crippen LogP contribution in [0.5, 0.6) is 0 Å². The molecule has 8 spiro atoms. The molecule has 20 heavy (non-hydrogen) atoms. The first-order valence-electron chi connectivity index (χ1n) is 9.88. The SMILES string of the molecule is C1C2CC34C5C36C53C57CC5C5CC8C9C%10C1C24C%106C93C587. The fourth-order valence-corrected chi connectivity index (χ4v) is 18.4. The van der Waals surface area contributed by atoms with E-state index in [1.165, 1.54) is 47.3 Å². The molecule has 0 heterocycles. The van der Waals surface area contributed by atoms with Crippen molar-refractivity contribution in [3.63, 3.8) is 0 Å². The van der Waals surface area contributed by atoms with Crippen molar-refractivity contribution in [3.05, 3.63) is 0 Å². The van der Waals surface area contributed by atoms with Crippen molar-refractivity contribution in [1.29, 1.82) is 0 Å². The van der Waals surface area contributed by atoms with Crippen LogP contribution in [0.15, 0.2) is 0 Å². The molecule has 0 saturated heterocycles.